The number of aryl methyl sites for hydroxylation is 2. The van der Waals surface area contributed by atoms with E-state index >= 15 is 0 Å². The molecule has 33 heavy (non-hydrogen) atoms. The number of imidazole rings is 1. The molecule has 0 spiro atoms. The van der Waals surface area contributed by atoms with E-state index in [1.165, 1.54) is 16.1 Å². The van der Waals surface area contributed by atoms with Gasteiger partial charge < -0.3 is 9.88 Å². The second-order valence-corrected chi connectivity index (χ2v) is 8.43. The summed E-state index contributed by atoms with van der Waals surface area (Å²) in [6.45, 7) is 0.665. The van der Waals surface area contributed by atoms with Crippen molar-refractivity contribution in [2.24, 2.45) is 7.05 Å². The van der Waals surface area contributed by atoms with Gasteiger partial charge >= 0.3 is 0 Å². The van der Waals surface area contributed by atoms with Crippen LogP contribution in [-0.2, 0) is 20.0 Å². The van der Waals surface area contributed by atoms with Crippen molar-refractivity contribution in [3.8, 4) is 11.4 Å². The van der Waals surface area contributed by atoms with Crippen LogP contribution in [0.15, 0.2) is 66.9 Å². The van der Waals surface area contributed by atoms with Crippen molar-refractivity contribution in [3.63, 3.8) is 0 Å². The second-order valence-electron chi connectivity index (χ2n) is 8.43. The molecule has 0 saturated heterocycles. The molecule has 5 aromatic rings. The lowest BCUT2D eigenvalue weighted by Crippen LogP contribution is -2.32. The van der Waals surface area contributed by atoms with Crippen LogP contribution in [0.2, 0.25) is 0 Å². The summed E-state index contributed by atoms with van der Waals surface area (Å²) < 4.78 is 0. The van der Waals surface area contributed by atoms with Gasteiger partial charge in [-0.05, 0) is 72.5 Å². The summed E-state index contributed by atoms with van der Waals surface area (Å²) in [5.74, 6) is 1.57. The zero-order valence-corrected chi connectivity index (χ0v) is 18.4. The van der Waals surface area contributed by atoms with Crippen molar-refractivity contribution >= 4 is 16.7 Å². The summed E-state index contributed by atoms with van der Waals surface area (Å²) in [5.41, 5.74) is 6.60. The number of aromatic amines is 1. The van der Waals surface area contributed by atoms with E-state index in [0.717, 1.165) is 47.4 Å². The molecule has 2 aromatic carbocycles. The number of pyridine rings is 1. The van der Waals surface area contributed by atoms with Gasteiger partial charge in [0.2, 0.25) is 5.82 Å². The van der Waals surface area contributed by atoms with E-state index in [0.29, 0.717) is 12.4 Å². The average molecular weight is 437 g/mol. The number of hydrogen-bond donors (Lipinski definition) is 1. The lowest BCUT2D eigenvalue weighted by Gasteiger charge is -2.36. The normalized spacial score (nSPS) is 15.5. The molecule has 8 nitrogen and oxygen atoms in total. The molecule has 1 unspecified atom stereocenters. The fraction of sp³-hybridized carbons (Fsp3) is 0.240. The third-order valence-electron chi connectivity index (χ3n) is 6.27. The molecule has 6 rings (SSSR count). The molecule has 0 amide bonds. The minimum Gasteiger partial charge on any atom is -0.355 e. The molecule has 8 heteroatoms. The lowest BCUT2D eigenvalue weighted by atomic mass is 9.90. The van der Waals surface area contributed by atoms with Gasteiger partial charge in [-0.25, -0.2) is 4.98 Å². The molecule has 1 N–H and O–H groups in total. The van der Waals surface area contributed by atoms with Gasteiger partial charge in [0.15, 0.2) is 0 Å². The van der Waals surface area contributed by atoms with E-state index in [9.17, 15) is 0 Å². The first-order valence-corrected chi connectivity index (χ1v) is 11.2. The van der Waals surface area contributed by atoms with Crippen LogP contribution in [0.5, 0.6) is 0 Å². The van der Waals surface area contributed by atoms with Crippen molar-refractivity contribution in [3.05, 3.63) is 83.9 Å². The quantitative estimate of drug-likeness (QED) is 0.444. The van der Waals surface area contributed by atoms with Gasteiger partial charge in [0.25, 0.3) is 0 Å². The summed E-state index contributed by atoms with van der Waals surface area (Å²) in [6, 6.07) is 21.0. The fourth-order valence-corrected chi connectivity index (χ4v) is 4.71. The molecule has 0 saturated carbocycles. The van der Waals surface area contributed by atoms with Crippen molar-refractivity contribution in [2.75, 3.05) is 4.90 Å². The number of nitrogens with zero attached hydrogens (tertiary/aromatic N) is 7. The first-order chi connectivity index (χ1) is 16.2. The highest BCUT2D eigenvalue weighted by Crippen LogP contribution is 2.37. The van der Waals surface area contributed by atoms with Crippen molar-refractivity contribution < 1.29 is 0 Å². The van der Waals surface area contributed by atoms with E-state index in [-0.39, 0.29) is 6.04 Å². The monoisotopic (exact) mass is 436 g/mol. The summed E-state index contributed by atoms with van der Waals surface area (Å²) in [5, 5.41) is 12.4. The number of aromatic nitrogens is 7. The Kier molecular flexibility index (Phi) is 4.83. The lowest BCUT2D eigenvalue weighted by molar-refractivity contribution is 0.501. The van der Waals surface area contributed by atoms with E-state index in [4.69, 9.17) is 9.97 Å². The zero-order chi connectivity index (χ0) is 22.2. The molecule has 0 fully saturated rings. The zero-order valence-electron chi connectivity index (χ0n) is 18.4. The van der Waals surface area contributed by atoms with Crippen LogP contribution in [0.25, 0.3) is 22.4 Å². The minimum absolute atomic E-state index is 0.184. The van der Waals surface area contributed by atoms with Crippen LogP contribution in [0.4, 0.5) is 5.69 Å². The predicted molar refractivity (Wildman–Crippen MR) is 126 cm³/mol. The maximum Gasteiger partial charge on any atom is 0.204 e. The molecule has 164 valence electrons. The number of rotatable bonds is 5. The largest absolute Gasteiger partial charge is 0.355 e. The fourth-order valence-electron chi connectivity index (χ4n) is 4.71. The van der Waals surface area contributed by atoms with Crippen molar-refractivity contribution in [2.45, 2.75) is 31.8 Å². The molecule has 0 radical (unpaired) electrons. The molecule has 3 heterocycles. The Balaban J connectivity index is 1.39. The first kappa shape index (κ1) is 19.6. The average Bonchev–Trinajstić information content (AvgIpc) is 3.48. The van der Waals surface area contributed by atoms with E-state index < -0.39 is 0 Å². The minimum atomic E-state index is 0.184. The van der Waals surface area contributed by atoms with Gasteiger partial charge in [0.1, 0.15) is 5.82 Å². The standard InChI is InChI=1S/C25H24N8/c1-32-30-25(29-31-32)18-11-13-19(14-12-18)33(16-23-27-20-8-2-3-9-21(20)28-23)22-10-4-6-17-7-5-15-26-24(17)22/h2-3,5,7-9,11-15,22H,4,6,10,16H2,1H3,(H,27,28). The number of nitrogens with one attached hydrogen (secondary N) is 1. The van der Waals surface area contributed by atoms with Crippen molar-refractivity contribution in [1.29, 1.82) is 0 Å². The summed E-state index contributed by atoms with van der Waals surface area (Å²) in [7, 11) is 1.77. The highest BCUT2D eigenvalue weighted by Gasteiger charge is 2.28. The van der Waals surface area contributed by atoms with Crippen LogP contribution >= 0.6 is 0 Å². The summed E-state index contributed by atoms with van der Waals surface area (Å²) in [4.78, 5) is 17.0. The maximum atomic E-state index is 4.85. The van der Waals surface area contributed by atoms with Crippen molar-refractivity contribution in [1.82, 2.24) is 35.2 Å². The molecule has 1 aliphatic rings. The van der Waals surface area contributed by atoms with Crippen LogP contribution in [0.3, 0.4) is 0 Å². The molecular formula is C25H24N8. The Morgan fingerprint density at radius 1 is 1.06 bits per heavy atom. The number of para-hydroxylation sites is 2. The molecule has 3 aromatic heterocycles. The Morgan fingerprint density at radius 3 is 2.76 bits per heavy atom. The third-order valence-corrected chi connectivity index (χ3v) is 6.27. The smallest absolute Gasteiger partial charge is 0.204 e. The highest BCUT2D eigenvalue weighted by atomic mass is 15.6. The Bertz CT molecular complexity index is 1370. The SMILES string of the molecule is Cn1nnc(-c2ccc(N(Cc3nc4ccccc4[nH]3)C3CCCc4cccnc43)cc2)n1. The highest BCUT2D eigenvalue weighted by molar-refractivity contribution is 5.74. The molecule has 1 aliphatic carbocycles. The van der Waals surface area contributed by atoms with E-state index in [1.807, 2.05) is 30.5 Å². The van der Waals surface area contributed by atoms with Gasteiger partial charge in [0.05, 0.1) is 36.4 Å². The van der Waals surface area contributed by atoms with Gasteiger partial charge in [0, 0.05) is 17.4 Å². The third kappa shape index (κ3) is 3.73. The Labute approximate surface area is 191 Å². The second kappa shape index (κ2) is 8.12. The summed E-state index contributed by atoms with van der Waals surface area (Å²) in [6.07, 6.45) is 5.17. The number of hydrogen-bond acceptors (Lipinski definition) is 6. The first-order valence-electron chi connectivity index (χ1n) is 11.2. The number of anilines is 1. The molecule has 0 aliphatic heterocycles. The van der Waals surface area contributed by atoms with Gasteiger partial charge in [-0.3, -0.25) is 4.98 Å². The molecule has 1 atom stereocenters. The van der Waals surface area contributed by atoms with Crippen LogP contribution < -0.4 is 4.90 Å². The predicted octanol–water partition coefficient (Wildman–Crippen LogP) is 4.23. The molecular weight excluding hydrogens is 412 g/mol. The number of fused-ring (bicyclic) bond motifs is 2. The number of benzene rings is 2. The summed E-state index contributed by atoms with van der Waals surface area (Å²) >= 11 is 0. The van der Waals surface area contributed by atoms with Crippen LogP contribution in [0.1, 0.15) is 36.0 Å². The Hall–Kier alpha value is -4.07. The maximum absolute atomic E-state index is 4.85. The van der Waals surface area contributed by atoms with E-state index in [1.54, 1.807) is 7.05 Å². The van der Waals surface area contributed by atoms with Crippen LogP contribution in [0, 0.1) is 0 Å². The van der Waals surface area contributed by atoms with Gasteiger partial charge in [-0.1, -0.05) is 18.2 Å². The van der Waals surface area contributed by atoms with Gasteiger partial charge in [-0.2, -0.15) is 4.80 Å². The van der Waals surface area contributed by atoms with Gasteiger partial charge in [-0.15, -0.1) is 10.2 Å². The molecule has 0 bridgehead atoms. The number of tetrazole rings is 1. The Morgan fingerprint density at radius 2 is 1.94 bits per heavy atom. The van der Waals surface area contributed by atoms with E-state index in [2.05, 4.69) is 61.7 Å². The number of H-pyrrole nitrogens is 1. The topological polar surface area (TPSA) is 88.4 Å². The van der Waals surface area contributed by atoms with Crippen LogP contribution in [-0.4, -0.2) is 35.2 Å².